The van der Waals surface area contributed by atoms with E-state index in [-0.39, 0.29) is 12.4 Å². The third-order valence-electron chi connectivity index (χ3n) is 4.30. The molecule has 4 heteroatoms. The van der Waals surface area contributed by atoms with Gasteiger partial charge in [0.05, 0.1) is 18.7 Å². The zero-order valence-electron chi connectivity index (χ0n) is 14.7. The highest BCUT2D eigenvalue weighted by Gasteiger charge is 2.17. The van der Waals surface area contributed by atoms with Crippen LogP contribution in [0, 0.1) is 39.0 Å². The summed E-state index contributed by atoms with van der Waals surface area (Å²) in [5, 5.41) is 8.93. The number of rotatable bonds is 5. The number of hydrogen-bond acceptors (Lipinski definition) is 4. The van der Waals surface area contributed by atoms with Gasteiger partial charge < -0.3 is 9.47 Å². The van der Waals surface area contributed by atoms with Gasteiger partial charge in [-0.2, -0.15) is 5.26 Å². The third kappa shape index (κ3) is 3.41. The van der Waals surface area contributed by atoms with E-state index in [4.69, 9.17) is 14.7 Å². The number of nitriles is 1. The molecule has 124 valence electrons. The van der Waals surface area contributed by atoms with Gasteiger partial charge in [0.15, 0.2) is 18.1 Å². The van der Waals surface area contributed by atoms with Crippen molar-refractivity contribution in [2.45, 2.75) is 27.7 Å². The number of hydrogen-bond donors (Lipinski definition) is 0. The molecule has 4 nitrogen and oxygen atoms in total. The van der Waals surface area contributed by atoms with Gasteiger partial charge in [-0.15, -0.1) is 0 Å². The third-order valence-corrected chi connectivity index (χ3v) is 4.30. The molecule has 2 aromatic rings. The van der Waals surface area contributed by atoms with Crippen LogP contribution in [0.5, 0.6) is 11.5 Å². The summed E-state index contributed by atoms with van der Waals surface area (Å²) < 4.78 is 10.9. The van der Waals surface area contributed by atoms with Crippen molar-refractivity contribution in [2.24, 2.45) is 0 Å². The van der Waals surface area contributed by atoms with Crippen LogP contribution < -0.4 is 9.47 Å². The summed E-state index contributed by atoms with van der Waals surface area (Å²) in [6, 6.07) is 9.00. The van der Waals surface area contributed by atoms with Crippen LogP contribution in [0.15, 0.2) is 24.3 Å². The Hall–Kier alpha value is -2.80. The summed E-state index contributed by atoms with van der Waals surface area (Å²) in [6.45, 7) is 7.84. The zero-order chi connectivity index (χ0) is 17.9. The summed E-state index contributed by atoms with van der Waals surface area (Å²) in [7, 11) is 1.50. The molecule has 0 saturated carbocycles. The van der Waals surface area contributed by atoms with Gasteiger partial charge in [0.2, 0.25) is 5.78 Å². The van der Waals surface area contributed by atoms with Gasteiger partial charge in [0.25, 0.3) is 0 Å². The fourth-order valence-electron chi connectivity index (χ4n) is 2.71. The predicted molar refractivity (Wildman–Crippen MR) is 92.9 cm³/mol. The van der Waals surface area contributed by atoms with Crippen molar-refractivity contribution in [1.29, 1.82) is 5.26 Å². The van der Waals surface area contributed by atoms with Crippen LogP contribution in [0.25, 0.3) is 0 Å². The van der Waals surface area contributed by atoms with Crippen LogP contribution >= 0.6 is 0 Å². The first-order chi connectivity index (χ1) is 11.4. The molecular formula is C20H21NO3. The molecule has 0 spiro atoms. The molecule has 0 atom stereocenters. The van der Waals surface area contributed by atoms with E-state index in [1.54, 1.807) is 18.2 Å². The minimum Gasteiger partial charge on any atom is -0.493 e. The lowest BCUT2D eigenvalue weighted by atomic mass is 9.92. The largest absolute Gasteiger partial charge is 0.493 e. The number of benzene rings is 2. The molecule has 0 aliphatic rings. The lowest BCUT2D eigenvalue weighted by Gasteiger charge is -2.15. The lowest BCUT2D eigenvalue weighted by Crippen LogP contribution is -2.16. The average Bonchev–Trinajstić information content (AvgIpc) is 2.58. The molecular weight excluding hydrogens is 302 g/mol. The molecule has 0 saturated heterocycles. The van der Waals surface area contributed by atoms with Gasteiger partial charge in [-0.3, -0.25) is 4.79 Å². The van der Waals surface area contributed by atoms with E-state index in [1.807, 2.05) is 33.8 Å². The van der Waals surface area contributed by atoms with Crippen LogP contribution in [-0.4, -0.2) is 19.5 Å². The van der Waals surface area contributed by atoms with Crippen molar-refractivity contribution in [3.63, 3.8) is 0 Å². The first-order valence-corrected chi connectivity index (χ1v) is 7.70. The monoisotopic (exact) mass is 323 g/mol. The summed E-state index contributed by atoms with van der Waals surface area (Å²) >= 11 is 0. The van der Waals surface area contributed by atoms with E-state index >= 15 is 0 Å². The Bertz CT molecular complexity index is 806. The van der Waals surface area contributed by atoms with Crippen molar-refractivity contribution in [3.8, 4) is 17.6 Å². The molecule has 0 amide bonds. The molecule has 0 unspecified atom stereocenters. The number of nitrogens with zero attached hydrogens (tertiary/aromatic N) is 1. The fourth-order valence-corrected chi connectivity index (χ4v) is 2.71. The Balaban J connectivity index is 2.25. The molecule has 0 bridgehead atoms. The first-order valence-electron chi connectivity index (χ1n) is 7.70. The van der Waals surface area contributed by atoms with E-state index in [2.05, 4.69) is 6.07 Å². The van der Waals surface area contributed by atoms with Gasteiger partial charge in [-0.1, -0.05) is 6.07 Å². The Morgan fingerprint density at radius 3 is 2.21 bits per heavy atom. The first kappa shape index (κ1) is 17.6. The molecule has 2 aromatic carbocycles. The Morgan fingerprint density at radius 2 is 1.67 bits per heavy atom. The maximum Gasteiger partial charge on any atom is 0.200 e. The number of carbonyl (C=O) groups is 1. The summed E-state index contributed by atoms with van der Waals surface area (Å²) in [5.41, 5.74) is 5.36. The Kier molecular flexibility index (Phi) is 5.25. The number of carbonyl (C=O) groups excluding carboxylic acids is 1. The molecule has 0 fully saturated rings. The molecule has 0 aliphatic heterocycles. The molecule has 2 rings (SSSR count). The molecule has 0 heterocycles. The second-order valence-corrected chi connectivity index (χ2v) is 5.82. The highest BCUT2D eigenvalue weighted by atomic mass is 16.5. The number of methoxy groups -OCH3 is 1. The topological polar surface area (TPSA) is 59.3 Å². The van der Waals surface area contributed by atoms with Crippen LogP contribution in [0.3, 0.4) is 0 Å². The molecule has 0 radical (unpaired) electrons. The summed E-state index contributed by atoms with van der Waals surface area (Å²) in [4.78, 5) is 12.7. The van der Waals surface area contributed by atoms with Crippen LogP contribution in [0.4, 0.5) is 0 Å². The summed E-state index contributed by atoms with van der Waals surface area (Å²) in [5.74, 6) is 0.823. The quantitative estimate of drug-likeness (QED) is 0.779. The molecule has 0 aromatic heterocycles. The van der Waals surface area contributed by atoms with Gasteiger partial charge >= 0.3 is 0 Å². The highest BCUT2D eigenvalue weighted by Crippen LogP contribution is 2.28. The SMILES string of the molecule is COc1cc(C#N)ccc1OCC(=O)c1c(C)c(C)cc(C)c1C. The van der Waals surface area contributed by atoms with Crippen molar-refractivity contribution < 1.29 is 14.3 Å². The van der Waals surface area contributed by atoms with E-state index in [1.165, 1.54) is 7.11 Å². The second kappa shape index (κ2) is 7.18. The van der Waals surface area contributed by atoms with Crippen LogP contribution in [0.1, 0.15) is 38.2 Å². The van der Waals surface area contributed by atoms with Gasteiger partial charge in [-0.05, 0) is 62.1 Å². The number of ketones is 1. The lowest BCUT2D eigenvalue weighted by molar-refractivity contribution is 0.0918. The van der Waals surface area contributed by atoms with Gasteiger partial charge in [0.1, 0.15) is 0 Å². The van der Waals surface area contributed by atoms with Crippen molar-refractivity contribution in [3.05, 3.63) is 57.6 Å². The Labute approximate surface area is 142 Å². The standard InChI is InChI=1S/C20H21NO3/c1-12-8-13(2)15(4)20(14(12)3)17(22)11-24-18-7-6-16(10-21)9-19(18)23-5/h6-9H,11H2,1-5H3. The van der Waals surface area contributed by atoms with E-state index < -0.39 is 0 Å². The molecule has 0 aliphatic carbocycles. The smallest absolute Gasteiger partial charge is 0.200 e. The van der Waals surface area contributed by atoms with Crippen molar-refractivity contribution >= 4 is 5.78 Å². The fraction of sp³-hybridized carbons (Fsp3) is 0.300. The summed E-state index contributed by atoms with van der Waals surface area (Å²) in [6.07, 6.45) is 0. The minimum atomic E-state index is -0.0766. The zero-order valence-corrected chi connectivity index (χ0v) is 14.7. The average molecular weight is 323 g/mol. The maximum absolute atomic E-state index is 12.7. The van der Waals surface area contributed by atoms with Crippen molar-refractivity contribution in [1.82, 2.24) is 0 Å². The van der Waals surface area contributed by atoms with E-state index in [0.717, 1.165) is 27.8 Å². The number of Topliss-reactive ketones (excluding diaryl/α,β-unsaturated/α-hetero) is 1. The maximum atomic E-state index is 12.7. The Morgan fingerprint density at radius 1 is 1.04 bits per heavy atom. The van der Waals surface area contributed by atoms with Crippen LogP contribution in [-0.2, 0) is 0 Å². The van der Waals surface area contributed by atoms with Gasteiger partial charge in [-0.25, -0.2) is 0 Å². The number of aryl methyl sites for hydroxylation is 2. The number of ether oxygens (including phenoxy) is 2. The van der Waals surface area contributed by atoms with Crippen LogP contribution in [0.2, 0.25) is 0 Å². The minimum absolute atomic E-state index is 0.0665. The van der Waals surface area contributed by atoms with E-state index in [9.17, 15) is 4.79 Å². The van der Waals surface area contributed by atoms with E-state index in [0.29, 0.717) is 17.1 Å². The molecule has 0 N–H and O–H groups in total. The predicted octanol–water partition coefficient (Wildman–Crippen LogP) is 4.06. The van der Waals surface area contributed by atoms with Crippen molar-refractivity contribution in [2.75, 3.05) is 13.7 Å². The highest BCUT2D eigenvalue weighted by molar-refractivity contribution is 6.00. The van der Waals surface area contributed by atoms with Gasteiger partial charge in [0, 0.05) is 11.6 Å². The normalized spacial score (nSPS) is 10.2. The second-order valence-electron chi connectivity index (χ2n) is 5.82. The molecule has 24 heavy (non-hydrogen) atoms.